The Labute approximate surface area is 250 Å². The van der Waals surface area contributed by atoms with Gasteiger partial charge in [0.05, 0.1) is 12.3 Å². The second-order valence-electron chi connectivity index (χ2n) is 10.5. The van der Waals surface area contributed by atoms with Gasteiger partial charge in [-0.3, -0.25) is 9.78 Å². The van der Waals surface area contributed by atoms with Crippen LogP contribution in [0.2, 0.25) is 0 Å². The van der Waals surface area contributed by atoms with E-state index in [0.717, 1.165) is 6.20 Å². The maximum Gasteiger partial charge on any atom is 0.407 e. The third-order valence-corrected chi connectivity index (χ3v) is 7.14. The van der Waals surface area contributed by atoms with Gasteiger partial charge in [-0.1, -0.05) is 24.3 Å². The predicted molar refractivity (Wildman–Crippen MR) is 147 cm³/mol. The highest BCUT2D eigenvalue weighted by Crippen LogP contribution is 2.30. The summed E-state index contributed by atoms with van der Waals surface area (Å²) in [5.41, 5.74) is 2.03. The maximum absolute atomic E-state index is 14.9. The highest BCUT2D eigenvalue weighted by atomic mass is 19.4. The normalized spacial score (nSPS) is 17.0. The van der Waals surface area contributed by atoms with E-state index in [1.165, 1.54) is 30.5 Å². The van der Waals surface area contributed by atoms with Crippen LogP contribution < -0.4 is 10.6 Å². The van der Waals surface area contributed by atoms with Crippen LogP contribution in [0.25, 0.3) is 0 Å². The number of hydrogen-bond acceptors (Lipinski definition) is 6. The van der Waals surface area contributed by atoms with Crippen LogP contribution in [-0.4, -0.2) is 61.5 Å². The van der Waals surface area contributed by atoms with Crippen molar-refractivity contribution in [3.8, 4) is 0 Å². The van der Waals surface area contributed by atoms with Crippen molar-refractivity contribution in [1.82, 2.24) is 15.6 Å². The zero-order valence-corrected chi connectivity index (χ0v) is 23.5. The first kappa shape index (κ1) is 32.9. The minimum atomic E-state index is -4.56. The number of amides is 1. The molecule has 0 saturated carbocycles. The molecule has 1 amide bonds. The maximum atomic E-state index is 14.9. The summed E-state index contributed by atoms with van der Waals surface area (Å²) in [5.74, 6) is -2.17. The zero-order chi connectivity index (χ0) is 31.7. The Morgan fingerprint density at radius 1 is 0.955 bits per heavy atom. The van der Waals surface area contributed by atoms with Crippen LogP contribution in [-0.2, 0) is 27.1 Å². The van der Waals surface area contributed by atoms with E-state index in [9.17, 15) is 35.9 Å². The van der Waals surface area contributed by atoms with Gasteiger partial charge in [0.15, 0.2) is 0 Å². The van der Waals surface area contributed by atoms with Gasteiger partial charge in [0, 0.05) is 38.0 Å². The molecule has 0 bridgehead atoms. The smallest absolute Gasteiger partial charge is 0.407 e. The Balaban J connectivity index is 1.36. The molecule has 3 aromatic rings. The SMILES string of the molecule is O=C(Cc1cncc(F)c1CC[C@@H]1CNC[C@@H](COC(=O)NCC(F)(F)F)O1)CC(c1ccc(F)cc1)c1ccc(F)cc1. The number of morpholine rings is 1. The first-order chi connectivity index (χ1) is 21.0. The van der Waals surface area contributed by atoms with Crippen molar-refractivity contribution in [3.63, 3.8) is 0 Å². The number of alkyl carbamates (subject to hydrolysis) is 1. The molecule has 0 spiro atoms. The van der Waals surface area contributed by atoms with Gasteiger partial charge >= 0.3 is 12.3 Å². The predicted octanol–water partition coefficient (Wildman–Crippen LogP) is 5.41. The van der Waals surface area contributed by atoms with Crippen molar-refractivity contribution in [2.24, 2.45) is 0 Å². The van der Waals surface area contributed by atoms with Gasteiger partial charge in [0.2, 0.25) is 0 Å². The summed E-state index contributed by atoms with van der Waals surface area (Å²) < 4.78 is 89.5. The van der Waals surface area contributed by atoms with E-state index >= 15 is 0 Å². The Kier molecular flexibility index (Phi) is 11.3. The zero-order valence-electron chi connectivity index (χ0n) is 23.5. The number of Topliss-reactive ketones (excluding diaryl/α,β-unsaturated/α-hetero) is 1. The molecule has 1 aliphatic rings. The van der Waals surface area contributed by atoms with Gasteiger partial charge in [0.25, 0.3) is 0 Å². The third kappa shape index (κ3) is 10.1. The van der Waals surface area contributed by atoms with Gasteiger partial charge in [-0.2, -0.15) is 13.2 Å². The van der Waals surface area contributed by atoms with Crippen molar-refractivity contribution in [3.05, 3.63) is 101 Å². The molecule has 1 aromatic heterocycles. The number of rotatable bonds is 12. The van der Waals surface area contributed by atoms with Crippen molar-refractivity contribution < 1.29 is 45.4 Å². The molecule has 2 aromatic carbocycles. The minimum absolute atomic E-state index is 0.00109. The topological polar surface area (TPSA) is 89.5 Å². The number of carbonyl (C=O) groups excluding carboxylic acids is 2. The molecule has 1 fully saturated rings. The van der Waals surface area contributed by atoms with Crippen molar-refractivity contribution >= 4 is 11.9 Å². The van der Waals surface area contributed by atoms with E-state index in [1.807, 2.05) is 0 Å². The van der Waals surface area contributed by atoms with Crippen LogP contribution in [0.3, 0.4) is 0 Å². The molecule has 0 radical (unpaired) electrons. The fourth-order valence-corrected chi connectivity index (χ4v) is 5.00. The van der Waals surface area contributed by atoms with Gasteiger partial charge < -0.3 is 20.1 Å². The van der Waals surface area contributed by atoms with Gasteiger partial charge in [-0.15, -0.1) is 0 Å². The van der Waals surface area contributed by atoms with Gasteiger partial charge in [-0.05, 0) is 59.4 Å². The van der Waals surface area contributed by atoms with Crippen molar-refractivity contribution in [1.29, 1.82) is 0 Å². The van der Waals surface area contributed by atoms with Crippen LogP contribution in [0.15, 0.2) is 60.9 Å². The van der Waals surface area contributed by atoms with E-state index in [-0.39, 0.29) is 31.7 Å². The number of benzene rings is 2. The van der Waals surface area contributed by atoms with E-state index in [4.69, 9.17) is 9.47 Å². The number of ether oxygens (including phenoxy) is 2. The summed E-state index contributed by atoms with van der Waals surface area (Å²) in [6.07, 6.45) is -3.93. The second-order valence-corrected chi connectivity index (χ2v) is 10.5. The molecule has 1 saturated heterocycles. The number of halogens is 6. The van der Waals surface area contributed by atoms with E-state index in [2.05, 4.69) is 10.3 Å². The molecule has 4 rings (SSSR count). The average molecular weight is 624 g/mol. The number of pyridine rings is 1. The van der Waals surface area contributed by atoms with Crippen LogP contribution in [0, 0.1) is 17.5 Å². The lowest BCUT2D eigenvalue weighted by atomic mass is 9.85. The fourth-order valence-electron chi connectivity index (χ4n) is 5.00. The molecule has 236 valence electrons. The van der Waals surface area contributed by atoms with Crippen LogP contribution >= 0.6 is 0 Å². The summed E-state index contributed by atoms with van der Waals surface area (Å²) in [7, 11) is 0. The number of nitrogens with one attached hydrogen (secondary N) is 2. The van der Waals surface area contributed by atoms with E-state index in [0.29, 0.717) is 41.8 Å². The highest BCUT2D eigenvalue weighted by Gasteiger charge is 2.29. The van der Waals surface area contributed by atoms with Crippen LogP contribution in [0.1, 0.15) is 41.0 Å². The first-order valence-corrected chi connectivity index (χ1v) is 13.9. The monoisotopic (exact) mass is 623 g/mol. The molecule has 0 unspecified atom stereocenters. The molecular formula is C31H31F6N3O4. The Morgan fingerprint density at radius 3 is 2.18 bits per heavy atom. The second kappa shape index (κ2) is 15.2. The fraction of sp³-hybridized carbons (Fsp3) is 0.387. The molecule has 13 heteroatoms. The van der Waals surface area contributed by atoms with Crippen LogP contribution in [0.5, 0.6) is 0 Å². The largest absolute Gasteiger partial charge is 0.447 e. The molecule has 0 aliphatic carbocycles. The third-order valence-electron chi connectivity index (χ3n) is 7.14. The molecule has 2 N–H and O–H groups in total. The number of carbonyl (C=O) groups is 2. The summed E-state index contributed by atoms with van der Waals surface area (Å²) in [4.78, 5) is 28.7. The van der Waals surface area contributed by atoms with Crippen LogP contribution in [0.4, 0.5) is 31.1 Å². The summed E-state index contributed by atoms with van der Waals surface area (Å²) in [6, 6.07) is 11.4. The standard InChI is InChI=1S/C31H31F6N3O4/c32-22-5-1-19(2-6-22)28(20-3-7-23(33)8-4-20)12-24(41)11-21-13-38-16-29(34)27(21)10-9-25-14-39-15-26(44-25)17-43-30(42)40-18-31(35,36)37/h1-8,13,16,25-26,28,39H,9-12,14-15,17-18H2,(H,40,42)/t25-,26+/m1/s1. The number of aromatic nitrogens is 1. The Bertz CT molecular complexity index is 1360. The average Bonchev–Trinajstić information content (AvgIpc) is 2.98. The summed E-state index contributed by atoms with van der Waals surface area (Å²) >= 11 is 0. The summed E-state index contributed by atoms with van der Waals surface area (Å²) in [5, 5.41) is 4.71. The van der Waals surface area contributed by atoms with Crippen molar-refractivity contribution in [2.45, 2.75) is 50.0 Å². The molecule has 2 atom stereocenters. The van der Waals surface area contributed by atoms with E-state index < -0.39 is 54.4 Å². The summed E-state index contributed by atoms with van der Waals surface area (Å²) in [6.45, 7) is -1.08. The number of hydrogen-bond donors (Lipinski definition) is 2. The molecule has 44 heavy (non-hydrogen) atoms. The lowest BCUT2D eigenvalue weighted by Gasteiger charge is -2.30. The number of nitrogens with zero attached hydrogens (tertiary/aromatic N) is 1. The quantitative estimate of drug-likeness (QED) is 0.263. The number of alkyl halides is 3. The lowest BCUT2D eigenvalue weighted by Crippen LogP contribution is -2.47. The highest BCUT2D eigenvalue weighted by molar-refractivity contribution is 5.82. The molecule has 1 aliphatic heterocycles. The van der Waals surface area contributed by atoms with Gasteiger partial charge in [-0.25, -0.2) is 18.0 Å². The van der Waals surface area contributed by atoms with Gasteiger partial charge in [0.1, 0.15) is 42.5 Å². The first-order valence-electron chi connectivity index (χ1n) is 13.9. The Morgan fingerprint density at radius 2 is 1.57 bits per heavy atom. The molecular weight excluding hydrogens is 592 g/mol. The van der Waals surface area contributed by atoms with Crippen molar-refractivity contribution in [2.75, 3.05) is 26.2 Å². The molecule has 2 heterocycles. The van der Waals surface area contributed by atoms with E-state index in [1.54, 1.807) is 29.6 Å². The number of ketones is 1. The lowest BCUT2D eigenvalue weighted by molar-refractivity contribution is -0.124. The molecule has 7 nitrogen and oxygen atoms in total. The Hall–Kier alpha value is -3.97. The minimum Gasteiger partial charge on any atom is -0.447 e.